The van der Waals surface area contributed by atoms with Crippen LogP contribution in [0.4, 0.5) is 5.69 Å². The summed E-state index contributed by atoms with van der Waals surface area (Å²) < 4.78 is 0. The molecule has 1 heterocycles. The summed E-state index contributed by atoms with van der Waals surface area (Å²) in [5, 5.41) is 21.4. The summed E-state index contributed by atoms with van der Waals surface area (Å²) in [6.45, 7) is 3.83. The molecule has 0 saturated heterocycles. The van der Waals surface area contributed by atoms with Gasteiger partial charge in [0, 0.05) is 12.0 Å². The molecule has 0 bridgehead atoms. The van der Waals surface area contributed by atoms with Gasteiger partial charge in [-0.2, -0.15) is 0 Å². The zero-order valence-corrected chi connectivity index (χ0v) is 10.4. The van der Waals surface area contributed by atoms with Gasteiger partial charge in [-0.05, 0) is 12.8 Å². The predicted molar refractivity (Wildman–Crippen MR) is 65.7 cm³/mol. The quantitative estimate of drug-likeness (QED) is 0.745. The number of nitrogens with one attached hydrogen (secondary N) is 1. The largest absolute Gasteiger partial charge is 0.476 e. The Bertz CT molecular complexity index is 456. The van der Waals surface area contributed by atoms with Crippen LogP contribution in [0.3, 0.4) is 0 Å². The van der Waals surface area contributed by atoms with Crippen molar-refractivity contribution in [2.24, 2.45) is 0 Å². The van der Waals surface area contributed by atoms with E-state index in [1.165, 1.54) is 6.20 Å². The highest BCUT2D eigenvalue weighted by atomic mass is 16.4. The maximum Gasteiger partial charge on any atom is 0.356 e. The standard InChI is InChI=1S/C12H17N3O3/c1-6(2)11-13-5-9(10(15-11)12(17)18)14-7-3-8(16)4-7/h5-8,14,16H,3-4H2,1-2H3,(H,17,18). The zero-order chi connectivity index (χ0) is 13.3. The van der Waals surface area contributed by atoms with Crippen molar-refractivity contribution in [3.63, 3.8) is 0 Å². The van der Waals surface area contributed by atoms with Gasteiger partial charge in [0.15, 0.2) is 5.69 Å². The Labute approximate surface area is 105 Å². The number of hydrogen-bond acceptors (Lipinski definition) is 5. The average molecular weight is 251 g/mol. The molecule has 3 N–H and O–H groups in total. The molecule has 0 atom stereocenters. The van der Waals surface area contributed by atoms with Gasteiger partial charge in [0.2, 0.25) is 0 Å². The molecule has 2 rings (SSSR count). The van der Waals surface area contributed by atoms with Crippen molar-refractivity contribution >= 4 is 11.7 Å². The van der Waals surface area contributed by atoms with Crippen molar-refractivity contribution in [2.75, 3.05) is 5.32 Å². The lowest BCUT2D eigenvalue weighted by Crippen LogP contribution is -2.39. The molecular formula is C12H17N3O3. The van der Waals surface area contributed by atoms with E-state index in [9.17, 15) is 9.90 Å². The van der Waals surface area contributed by atoms with E-state index in [2.05, 4.69) is 15.3 Å². The number of aromatic carboxylic acids is 1. The van der Waals surface area contributed by atoms with Gasteiger partial charge in [0.1, 0.15) is 5.82 Å². The number of hydrogen-bond donors (Lipinski definition) is 3. The normalized spacial score (nSPS) is 22.7. The van der Waals surface area contributed by atoms with Crippen LogP contribution in [0.1, 0.15) is 48.9 Å². The number of anilines is 1. The fourth-order valence-corrected chi connectivity index (χ4v) is 1.87. The number of carboxylic acid groups (broad SMARTS) is 1. The molecule has 0 aliphatic heterocycles. The van der Waals surface area contributed by atoms with Crippen LogP contribution in [0.25, 0.3) is 0 Å². The first kappa shape index (κ1) is 12.8. The Balaban J connectivity index is 2.20. The molecule has 1 saturated carbocycles. The van der Waals surface area contributed by atoms with Gasteiger partial charge in [-0.25, -0.2) is 14.8 Å². The number of carbonyl (C=O) groups is 1. The minimum Gasteiger partial charge on any atom is -0.476 e. The third-order valence-electron chi connectivity index (χ3n) is 3.00. The Morgan fingerprint density at radius 3 is 2.67 bits per heavy atom. The van der Waals surface area contributed by atoms with E-state index < -0.39 is 5.97 Å². The van der Waals surface area contributed by atoms with Crippen molar-refractivity contribution in [1.29, 1.82) is 0 Å². The second kappa shape index (κ2) is 4.89. The number of aliphatic hydroxyl groups excluding tert-OH is 1. The van der Waals surface area contributed by atoms with Crippen molar-refractivity contribution in [1.82, 2.24) is 9.97 Å². The molecule has 1 fully saturated rings. The van der Waals surface area contributed by atoms with Gasteiger partial charge in [0.25, 0.3) is 0 Å². The minimum absolute atomic E-state index is 0.00455. The fourth-order valence-electron chi connectivity index (χ4n) is 1.87. The van der Waals surface area contributed by atoms with Crippen molar-refractivity contribution in [3.05, 3.63) is 17.7 Å². The molecule has 6 nitrogen and oxygen atoms in total. The predicted octanol–water partition coefficient (Wildman–Crippen LogP) is 1.23. The Kier molecular flexibility index (Phi) is 3.47. The smallest absolute Gasteiger partial charge is 0.356 e. The van der Waals surface area contributed by atoms with E-state index in [0.29, 0.717) is 24.4 Å². The summed E-state index contributed by atoms with van der Waals surface area (Å²) >= 11 is 0. The van der Waals surface area contributed by atoms with E-state index in [1.807, 2.05) is 13.8 Å². The van der Waals surface area contributed by atoms with Gasteiger partial charge in [0.05, 0.1) is 18.0 Å². The third kappa shape index (κ3) is 2.59. The van der Waals surface area contributed by atoms with Crippen LogP contribution in [0.15, 0.2) is 6.20 Å². The van der Waals surface area contributed by atoms with E-state index in [0.717, 1.165) is 0 Å². The number of aromatic nitrogens is 2. The number of aliphatic hydroxyl groups is 1. The van der Waals surface area contributed by atoms with Gasteiger partial charge < -0.3 is 15.5 Å². The monoisotopic (exact) mass is 251 g/mol. The highest BCUT2D eigenvalue weighted by molar-refractivity contribution is 5.91. The van der Waals surface area contributed by atoms with Crippen molar-refractivity contribution in [3.8, 4) is 0 Å². The lowest BCUT2D eigenvalue weighted by atomic mass is 9.89. The second-order valence-electron chi connectivity index (χ2n) is 4.92. The molecule has 6 heteroatoms. The lowest BCUT2D eigenvalue weighted by Gasteiger charge is -2.32. The summed E-state index contributed by atoms with van der Waals surface area (Å²) in [5.41, 5.74) is 0.416. The number of rotatable bonds is 4. The molecule has 0 unspecified atom stereocenters. The summed E-state index contributed by atoms with van der Waals surface area (Å²) in [6, 6.07) is 0.103. The highest BCUT2D eigenvalue weighted by Gasteiger charge is 2.28. The second-order valence-corrected chi connectivity index (χ2v) is 4.92. The van der Waals surface area contributed by atoms with Crippen molar-refractivity contribution in [2.45, 2.75) is 44.8 Å². The van der Waals surface area contributed by atoms with Crippen molar-refractivity contribution < 1.29 is 15.0 Å². The molecule has 1 aromatic heterocycles. The van der Waals surface area contributed by atoms with Crippen LogP contribution in [0, 0.1) is 0 Å². The van der Waals surface area contributed by atoms with E-state index >= 15 is 0 Å². The molecule has 0 aromatic carbocycles. The summed E-state index contributed by atoms with van der Waals surface area (Å²) in [5.74, 6) is -0.462. The molecule has 1 aromatic rings. The minimum atomic E-state index is -1.07. The molecular weight excluding hydrogens is 234 g/mol. The van der Waals surface area contributed by atoms with Crippen LogP contribution >= 0.6 is 0 Å². The molecule has 1 aliphatic rings. The summed E-state index contributed by atoms with van der Waals surface area (Å²) in [6.07, 6.45) is 2.48. The van der Waals surface area contributed by atoms with Crippen LogP contribution in [-0.4, -0.2) is 38.3 Å². The summed E-state index contributed by atoms with van der Waals surface area (Å²) in [4.78, 5) is 19.4. The molecule has 0 spiro atoms. The topological polar surface area (TPSA) is 95.3 Å². The number of carboxylic acids is 1. The first-order valence-corrected chi connectivity index (χ1v) is 6.02. The highest BCUT2D eigenvalue weighted by Crippen LogP contribution is 2.25. The van der Waals surface area contributed by atoms with Gasteiger partial charge in [-0.1, -0.05) is 13.8 Å². The Morgan fingerprint density at radius 2 is 2.17 bits per heavy atom. The Morgan fingerprint density at radius 1 is 1.50 bits per heavy atom. The molecule has 18 heavy (non-hydrogen) atoms. The van der Waals surface area contributed by atoms with E-state index in [4.69, 9.17) is 5.11 Å². The lowest BCUT2D eigenvalue weighted by molar-refractivity contribution is 0.0690. The maximum atomic E-state index is 11.2. The summed E-state index contributed by atoms with van der Waals surface area (Å²) in [7, 11) is 0. The molecule has 0 radical (unpaired) electrons. The number of nitrogens with zero attached hydrogens (tertiary/aromatic N) is 2. The van der Waals surface area contributed by atoms with Gasteiger partial charge >= 0.3 is 5.97 Å². The first-order valence-electron chi connectivity index (χ1n) is 6.02. The fraction of sp³-hybridized carbons (Fsp3) is 0.583. The van der Waals surface area contributed by atoms with Crippen LogP contribution in [-0.2, 0) is 0 Å². The van der Waals surface area contributed by atoms with E-state index in [-0.39, 0.29) is 23.8 Å². The van der Waals surface area contributed by atoms with Crippen LogP contribution in [0.5, 0.6) is 0 Å². The van der Waals surface area contributed by atoms with Gasteiger partial charge in [-0.3, -0.25) is 0 Å². The molecule has 1 aliphatic carbocycles. The Hall–Kier alpha value is -1.69. The molecule has 98 valence electrons. The third-order valence-corrected chi connectivity index (χ3v) is 3.00. The average Bonchev–Trinajstić information content (AvgIpc) is 2.26. The van der Waals surface area contributed by atoms with Gasteiger partial charge in [-0.15, -0.1) is 0 Å². The first-order chi connectivity index (χ1) is 8.47. The maximum absolute atomic E-state index is 11.2. The molecule has 0 amide bonds. The van der Waals surface area contributed by atoms with E-state index in [1.54, 1.807) is 0 Å². The van der Waals surface area contributed by atoms with Crippen LogP contribution < -0.4 is 5.32 Å². The zero-order valence-electron chi connectivity index (χ0n) is 10.4. The SMILES string of the molecule is CC(C)c1ncc(NC2CC(O)C2)c(C(=O)O)n1. The van der Waals surface area contributed by atoms with Crippen LogP contribution in [0.2, 0.25) is 0 Å².